The van der Waals surface area contributed by atoms with Gasteiger partial charge >= 0.3 is 0 Å². The molecule has 2 heteroatoms. The Bertz CT molecular complexity index is 3230. The fourth-order valence-electron chi connectivity index (χ4n) is 8.86. The van der Waals surface area contributed by atoms with E-state index in [1.807, 2.05) is 0 Å². The van der Waals surface area contributed by atoms with Crippen molar-refractivity contribution in [1.82, 2.24) is 4.57 Å². The lowest BCUT2D eigenvalue weighted by Gasteiger charge is -2.26. The zero-order chi connectivity index (χ0) is 39.8. The quantitative estimate of drug-likeness (QED) is 0.150. The second kappa shape index (κ2) is 15.1. The summed E-state index contributed by atoms with van der Waals surface area (Å²) >= 11 is 0. The lowest BCUT2D eigenvalue weighted by atomic mass is 9.95. The van der Waals surface area contributed by atoms with Gasteiger partial charge in [-0.25, -0.2) is 0 Å². The van der Waals surface area contributed by atoms with E-state index in [0.29, 0.717) is 0 Å². The second-order valence-corrected chi connectivity index (χ2v) is 15.4. The molecule has 2 nitrogen and oxygen atoms in total. The number of fused-ring (bicyclic) bond motifs is 4. The van der Waals surface area contributed by atoms with Crippen LogP contribution in [0, 0.1) is 0 Å². The van der Waals surface area contributed by atoms with Gasteiger partial charge in [0, 0.05) is 33.5 Å². The SMILES string of the molecule is c1ccc(-c2ccc(N(c3ccc(-c4cccc(-c5cccc6ccccc56)c4)cc3)c3ccc(-c4cccc(-n5c6ccccc6c6ccccc65)c4)cc3)cc2)cc1. The topological polar surface area (TPSA) is 8.17 Å². The molecule has 0 saturated carbocycles. The van der Waals surface area contributed by atoms with Crippen LogP contribution in [0.15, 0.2) is 243 Å². The average Bonchev–Trinajstić information content (AvgIpc) is 3.67. The van der Waals surface area contributed by atoms with E-state index >= 15 is 0 Å². The monoisotopic (exact) mass is 764 g/mol. The Hall–Kier alpha value is -7.94. The van der Waals surface area contributed by atoms with Crippen molar-refractivity contribution in [2.45, 2.75) is 0 Å². The largest absolute Gasteiger partial charge is 0.311 e. The van der Waals surface area contributed by atoms with E-state index < -0.39 is 0 Å². The lowest BCUT2D eigenvalue weighted by molar-refractivity contribution is 1.18. The molecule has 0 spiro atoms. The number of aromatic nitrogens is 1. The molecule has 11 aromatic rings. The molecule has 0 unspecified atom stereocenters. The maximum Gasteiger partial charge on any atom is 0.0541 e. The van der Waals surface area contributed by atoms with Gasteiger partial charge < -0.3 is 9.47 Å². The molecule has 0 atom stereocenters. The van der Waals surface area contributed by atoms with Crippen LogP contribution in [0.4, 0.5) is 17.1 Å². The Morgan fingerprint density at radius 1 is 0.267 bits per heavy atom. The molecule has 0 aliphatic carbocycles. The molecule has 1 aromatic heterocycles. The summed E-state index contributed by atoms with van der Waals surface area (Å²) in [7, 11) is 0. The lowest BCUT2D eigenvalue weighted by Crippen LogP contribution is -2.09. The van der Waals surface area contributed by atoms with Crippen LogP contribution in [0.5, 0.6) is 0 Å². The Morgan fingerprint density at radius 3 is 1.30 bits per heavy atom. The molecule has 0 aliphatic rings. The van der Waals surface area contributed by atoms with E-state index in [2.05, 4.69) is 252 Å². The summed E-state index contributed by atoms with van der Waals surface area (Å²) in [6.45, 7) is 0. The summed E-state index contributed by atoms with van der Waals surface area (Å²) < 4.78 is 2.38. The number of benzene rings is 10. The number of anilines is 3. The fraction of sp³-hybridized carbons (Fsp3) is 0. The highest BCUT2D eigenvalue weighted by Gasteiger charge is 2.16. The highest BCUT2D eigenvalue weighted by Crippen LogP contribution is 2.39. The van der Waals surface area contributed by atoms with Gasteiger partial charge in [0.25, 0.3) is 0 Å². The van der Waals surface area contributed by atoms with Crippen LogP contribution in [0.2, 0.25) is 0 Å². The van der Waals surface area contributed by atoms with E-state index in [4.69, 9.17) is 0 Å². The number of hydrogen-bond acceptors (Lipinski definition) is 1. The van der Waals surface area contributed by atoms with Crippen molar-refractivity contribution in [1.29, 1.82) is 0 Å². The fourth-order valence-corrected chi connectivity index (χ4v) is 8.86. The summed E-state index contributed by atoms with van der Waals surface area (Å²) in [6.07, 6.45) is 0. The third-order valence-corrected chi connectivity index (χ3v) is 11.8. The molecule has 0 fully saturated rings. The van der Waals surface area contributed by atoms with Gasteiger partial charge in [-0.1, -0.05) is 176 Å². The van der Waals surface area contributed by atoms with Crippen molar-refractivity contribution in [3.8, 4) is 50.2 Å². The molecular formula is C58H40N2. The molecule has 0 N–H and O–H groups in total. The molecule has 0 amide bonds. The third-order valence-electron chi connectivity index (χ3n) is 11.8. The highest BCUT2D eigenvalue weighted by molar-refractivity contribution is 6.09. The van der Waals surface area contributed by atoms with Gasteiger partial charge in [-0.05, 0) is 122 Å². The van der Waals surface area contributed by atoms with Crippen LogP contribution >= 0.6 is 0 Å². The average molecular weight is 765 g/mol. The van der Waals surface area contributed by atoms with Gasteiger partial charge in [0.1, 0.15) is 0 Å². The third kappa shape index (κ3) is 6.41. The van der Waals surface area contributed by atoms with Crippen LogP contribution in [0.1, 0.15) is 0 Å². The van der Waals surface area contributed by atoms with Gasteiger partial charge in [0.2, 0.25) is 0 Å². The summed E-state index contributed by atoms with van der Waals surface area (Å²) in [5.41, 5.74) is 16.4. The Morgan fingerprint density at radius 2 is 0.683 bits per heavy atom. The van der Waals surface area contributed by atoms with E-state index in [1.165, 1.54) is 77.1 Å². The molecule has 1 heterocycles. The first-order valence-corrected chi connectivity index (χ1v) is 20.6. The molecular weight excluding hydrogens is 725 g/mol. The van der Waals surface area contributed by atoms with Gasteiger partial charge in [0.15, 0.2) is 0 Å². The number of para-hydroxylation sites is 2. The molecule has 10 aromatic carbocycles. The summed E-state index contributed by atoms with van der Waals surface area (Å²) in [4.78, 5) is 2.35. The Balaban J connectivity index is 0.949. The normalized spacial score (nSPS) is 11.3. The van der Waals surface area contributed by atoms with Gasteiger partial charge in [-0.3, -0.25) is 0 Å². The minimum atomic E-state index is 1.09. The van der Waals surface area contributed by atoms with E-state index in [9.17, 15) is 0 Å². The minimum absolute atomic E-state index is 1.09. The summed E-state index contributed by atoms with van der Waals surface area (Å²) in [5.74, 6) is 0. The molecule has 0 aliphatic heterocycles. The van der Waals surface area contributed by atoms with Gasteiger partial charge in [-0.2, -0.15) is 0 Å². The molecule has 0 radical (unpaired) electrons. The predicted molar refractivity (Wildman–Crippen MR) is 255 cm³/mol. The van der Waals surface area contributed by atoms with Crippen LogP contribution in [-0.4, -0.2) is 4.57 Å². The van der Waals surface area contributed by atoms with E-state index in [0.717, 1.165) is 22.7 Å². The number of hydrogen-bond donors (Lipinski definition) is 0. The maximum absolute atomic E-state index is 2.38. The maximum atomic E-state index is 2.38. The van der Waals surface area contributed by atoms with Crippen molar-refractivity contribution >= 4 is 49.6 Å². The Labute approximate surface area is 350 Å². The van der Waals surface area contributed by atoms with Gasteiger partial charge in [0.05, 0.1) is 11.0 Å². The highest BCUT2D eigenvalue weighted by atomic mass is 15.1. The van der Waals surface area contributed by atoms with E-state index in [1.54, 1.807) is 0 Å². The zero-order valence-electron chi connectivity index (χ0n) is 33.0. The van der Waals surface area contributed by atoms with Crippen LogP contribution in [-0.2, 0) is 0 Å². The second-order valence-electron chi connectivity index (χ2n) is 15.4. The summed E-state index contributed by atoms with van der Waals surface area (Å²) in [6, 6.07) is 87.8. The first-order valence-electron chi connectivity index (χ1n) is 20.6. The van der Waals surface area contributed by atoms with Crippen molar-refractivity contribution in [2.24, 2.45) is 0 Å². The predicted octanol–water partition coefficient (Wildman–Crippen LogP) is 16.1. The molecule has 11 rings (SSSR count). The molecule has 282 valence electrons. The Kier molecular flexibility index (Phi) is 8.87. The molecule has 0 bridgehead atoms. The van der Waals surface area contributed by atoms with Crippen LogP contribution in [0.3, 0.4) is 0 Å². The van der Waals surface area contributed by atoms with Crippen LogP contribution < -0.4 is 4.90 Å². The standard InChI is InChI=1S/C58H40N2/c1-2-13-41(14-3-1)42-27-33-49(34-28-42)59(50-35-29-43(30-36-50)46-17-10-19-48(39-46)54-24-12-16-45-15-4-5-21-53(45)54)51-37-31-44(32-38-51)47-18-11-20-52(40-47)60-57-25-8-6-22-55(57)56-23-7-9-26-58(56)60/h1-40H. The number of nitrogens with zero attached hydrogens (tertiary/aromatic N) is 2. The van der Waals surface area contributed by atoms with E-state index in [-0.39, 0.29) is 0 Å². The first-order chi connectivity index (χ1) is 29.7. The summed E-state index contributed by atoms with van der Waals surface area (Å²) in [5, 5.41) is 5.05. The number of rotatable bonds is 8. The van der Waals surface area contributed by atoms with Crippen LogP contribution in [0.25, 0.3) is 82.8 Å². The van der Waals surface area contributed by atoms with Crippen molar-refractivity contribution in [2.75, 3.05) is 4.90 Å². The zero-order valence-corrected chi connectivity index (χ0v) is 33.0. The minimum Gasteiger partial charge on any atom is -0.311 e. The first kappa shape index (κ1) is 35.2. The molecule has 60 heavy (non-hydrogen) atoms. The van der Waals surface area contributed by atoms with Crippen molar-refractivity contribution < 1.29 is 0 Å². The van der Waals surface area contributed by atoms with Crippen molar-refractivity contribution in [3.05, 3.63) is 243 Å². The van der Waals surface area contributed by atoms with Gasteiger partial charge in [-0.15, -0.1) is 0 Å². The van der Waals surface area contributed by atoms with Crippen molar-refractivity contribution in [3.63, 3.8) is 0 Å². The smallest absolute Gasteiger partial charge is 0.0541 e. The molecule has 0 saturated heterocycles.